The van der Waals surface area contributed by atoms with Gasteiger partial charge in [-0.1, -0.05) is 13.8 Å². The number of anilines is 2. The lowest BCUT2D eigenvalue weighted by molar-refractivity contribution is -0.144. The maximum absolute atomic E-state index is 12.9. The molecule has 0 unspecified atom stereocenters. The van der Waals surface area contributed by atoms with E-state index in [-0.39, 0.29) is 17.6 Å². The Balaban J connectivity index is 3.16. The molecule has 0 aromatic carbocycles. The summed E-state index contributed by atoms with van der Waals surface area (Å²) in [4.78, 5) is 8.88. The minimum atomic E-state index is -4.58. The van der Waals surface area contributed by atoms with Crippen molar-refractivity contribution in [1.82, 2.24) is 9.97 Å². The maximum Gasteiger partial charge on any atom is 0.451 e. The van der Waals surface area contributed by atoms with Crippen LogP contribution in [0.5, 0.6) is 0 Å². The number of aromatic nitrogens is 2. The van der Waals surface area contributed by atoms with Gasteiger partial charge >= 0.3 is 6.18 Å². The Hall–Kier alpha value is -1.57. The van der Waals surface area contributed by atoms with Gasteiger partial charge in [0.05, 0.1) is 6.61 Å². The summed E-state index contributed by atoms with van der Waals surface area (Å²) in [5, 5.41) is 2.64. The van der Waals surface area contributed by atoms with E-state index in [9.17, 15) is 13.2 Å². The molecule has 0 bridgehead atoms. The Morgan fingerprint density at radius 2 is 2.00 bits per heavy atom. The Morgan fingerprint density at radius 3 is 2.48 bits per heavy atom. The van der Waals surface area contributed by atoms with Crippen molar-refractivity contribution < 1.29 is 17.9 Å². The first-order chi connectivity index (χ1) is 9.77. The highest BCUT2D eigenvalue weighted by atomic mass is 19.4. The molecule has 0 amide bonds. The second-order valence-electron chi connectivity index (χ2n) is 5.02. The molecule has 0 saturated carbocycles. The first-order valence-electron chi connectivity index (χ1n) is 6.65. The van der Waals surface area contributed by atoms with Crippen molar-refractivity contribution in [3.63, 3.8) is 0 Å². The van der Waals surface area contributed by atoms with Crippen LogP contribution >= 0.6 is 0 Å². The van der Waals surface area contributed by atoms with Crippen LogP contribution in [0.3, 0.4) is 0 Å². The number of hydrogen-bond donors (Lipinski definition) is 1. The van der Waals surface area contributed by atoms with Crippen LogP contribution in [-0.4, -0.2) is 43.8 Å². The van der Waals surface area contributed by atoms with Gasteiger partial charge in [-0.2, -0.15) is 13.2 Å². The molecule has 1 aromatic rings. The highest BCUT2D eigenvalue weighted by Gasteiger charge is 2.35. The highest BCUT2D eigenvalue weighted by Crippen LogP contribution is 2.29. The van der Waals surface area contributed by atoms with Gasteiger partial charge in [-0.05, 0) is 5.92 Å². The lowest BCUT2D eigenvalue weighted by Crippen LogP contribution is -2.32. The molecular weight excluding hydrogens is 285 g/mol. The molecule has 120 valence electrons. The Kier molecular flexibility index (Phi) is 6.19. The van der Waals surface area contributed by atoms with Gasteiger partial charge in [0.25, 0.3) is 0 Å². The van der Waals surface area contributed by atoms with E-state index in [4.69, 9.17) is 4.74 Å². The molecule has 1 aromatic heterocycles. The topological polar surface area (TPSA) is 50.3 Å². The van der Waals surface area contributed by atoms with E-state index in [1.165, 1.54) is 13.1 Å². The van der Waals surface area contributed by atoms with Crippen molar-refractivity contribution in [2.45, 2.75) is 20.0 Å². The highest BCUT2D eigenvalue weighted by molar-refractivity contribution is 5.49. The molecule has 21 heavy (non-hydrogen) atoms. The Morgan fingerprint density at radius 1 is 1.33 bits per heavy atom. The zero-order chi connectivity index (χ0) is 16.0. The van der Waals surface area contributed by atoms with Crippen LogP contribution in [0.4, 0.5) is 24.8 Å². The molecule has 0 aliphatic heterocycles. The zero-order valence-corrected chi connectivity index (χ0v) is 12.7. The average molecular weight is 306 g/mol. The molecule has 8 heteroatoms. The van der Waals surface area contributed by atoms with Crippen LogP contribution < -0.4 is 10.2 Å². The third-order valence-electron chi connectivity index (χ3n) is 2.70. The number of ether oxygens (including phenoxy) is 1. The second-order valence-corrected chi connectivity index (χ2v) is 5.02. The molecule has 5 nitrogen and oxygen atoms in total. The number of methoxy groups -OCH3 is 1. The molecule has 1 rings (SSSR count). The van der Waals surface area contributed by atoms with Crippen LogP contribution in [0.25, 0.3) is 0 Å². The van der Waals surface area contributed by atoms with Gasteiger partial charge in [-0.25, -0.2) is 9.97 Å². The van der Waals surface area contributed by atoms with Crippen LogP contribution in [0.15, 0.2) is 6.07 Å². The van der Waals surface area contributed by atoms with Crippen LogP contribution in [0, 0.1) is 5.92 Å². The summed E-state index contributed by atoms with van der Waals surface area (Å²) < 4.78 is 43.6. The fourth-order valence-electron chi connectivity index (χ4n) is 1.79. The molecule has 1 heterocycles. The van der Waals surface area contributed by atoms with Crippen LogP contribution in [0.2, 0.25) is 0 Å². The van der Waals surface area contributed by atoms with E-state index in [0.29, 0.717) is 19.7 Å². The summed E-state index contributed by atoms with van der Waals surface area (Å²) in [5.74, 6) is -0.481. The van der Waals surface area contributed by atoms with Crippen molar-refractivity contribution in [3.05, 3.63) is 11.9 Å². The van der Waals surface area contributed by atoms with Crippen LogP contribution in [-0.2, 0) is 10.9 Å². The first-order valence-corrected chi connectivity index (χ1v) is 6.65. The summed E-state index contributed by atoms with van der Waals surface area (Å²) >= 11 is 0. The van der Waals surface area contributed by atoms with E-state index in [0.717, 1.165) is 0 Å². The normalized spacial score (nSPS) is 11.8. The van der Waals surface area contributed by atoms with Crippen molar-refractivity contribution in [3.8, 4) is 0 Å². The summed E-state index contributed by atoms with van der Waals surface area (Å²) in [6.07, 6.45) is -4.58. The van der Waals surface area contributed by atoms with Gasteiger partial charge in [0.15, 0.2) is 0 Å². The fraction of sp³-hybridized carbons (Fsp3) is 0.692. The summed E-state index contributed by atoms with van der Waals surface area (Å²) in [6, 6.07) is 1.51. The quantitative estimate of drug-likeness (QED) is 0.839. The van der Waals surface area contributed by atoms with Crippen LogP contribution in [0.1, 0.15) is 19.7 Å². The molecule has 0 saturated heterocycles. The summed E-state index contributed by atoms with van der Waals surface area (Å²) in [7, 11) is 3.07. The average Bonchev–Trinajstić information content (AvgIpc) is 2.41. The van der Waals surface area contributed by atoms with E-state index in [2.05, 4.69) is 15.3 Å². The predicted molar refractivity (Wildman–Crippen MR) is 75.5 cm³/mol. The van der Waals surface area contributed by atoms with E-state index < -0.39 is 12.0 Å². The Bertz CT molecular complexity index is 452. The third-order valence-corrected chi connectivity index (χ3v) is 2.70. The second kappa shape index (κ2) is 7.44. The minimum Gasteiger partial charge on any atom is -0.383 e. The lowest BCUT2D eigenvalue weighted by Gasteiger charge is -2.26. The number of nitrogens with zero attached hydrogens (tertiary/aromatic N) is 3. The summed E-state index contributed by atoms with van der Waals surface area (Å²) in [5.41, 5.74) is 0. The van der Waals surface area contributed by atoms with Gasteiger partial charge in [0.1, 0.15) is 11.6 Å². The number of nitrogens with one attached hydrogen (secondary N) is 1. The van der Waals surface area contributed by atoms with Crippen molar-refractivity contribution in [2.75, 3.05) is 44.1 Å². The van der Waals surface area contributed by atoms with Crippen molar-refractivity contribution in [1.29, 1.82) is 0 Å². The molecule has 0 radical (unpaired) electrons. The Labute approximate surface area is 122 Å². The maximum atomic E-state index is 12.9. The van der Waals surface area contributed by atoms with Gasteiger partial charge in [0.2, 0.25) is 5.82 Å². The lowest BCUT2D eigenvalue weighted by atomic mass is 10.2. The molecule has 0 spiro atoms. The molecule has 0 fully saturated rings. The van der Waals surface area contributed by atoms with Gasteiger partial charge in [-0.3, -0.25) is 0 Å². The number of halogens is 3. The largest absolute Gasteiger partial charge is 0.451 e. The van der Waals surface area contributed by atoms with Crippen molar-refractivity contribution in [2.24, 2.45) is 5.92 Å². The first kappa shape index (κ1) is 17.5. The van der Waals surface area contributed by atoms with Gasteiger partial charge < -0.3 is 15.0 Å². The number of alkyl halides is 3. The standard InChI is InChI=1S/C13H21F3N4O/c1-9(2)8-20(5-6-21-4)11-7-10(17-3)18-12(19-11)13(14,15)16/h7,9H,5-6,8H2,1-4H3,(H,17,18,19). The smallest absolute Gasteiger partial charge is 0.383 e. The minimum absolute atomic E-state index is 0.137. The summed E-state index contributed by atoms with van der Waals surface area (Å²) in [6.45, 7) is 5.44. The molecule has 0 aliphatic rings. The molecule has 1 N–H and O–H groups in total. The monoisotopic (exact) mass is 306 g/mol. The number of hydrogen-bond acceptors (Lipinski definition) is 5. The molecular formula is C13H21F3N4O. The number of rotatable bonds is 7. The van der Waals surface area contributed by atoms with Gasteiger partial charge in [-0.15, -0.1) is 0 Å². The van der Waals surface area contributed by atoms with E-state index in [1.54, 1.807) is 12.0 Å². The zero-order valence-electron chi connectivity index (χ0n) is 12.7. The molecule has 0 aliphatic carbocycles. The van der Waals surface area contributed by atoms with Crippen molar-refractivity contribution >= 4 is 11.6 Å². The molecule has 0 atom stereocenters. The van der Waals surface area contributed by atoms with E-state index >= 15 is 0 Å². The SMILES string of the molecule is CNc1cc(N(CCOC)CC(C)C)nc(C(F)(F)F)n1. The third kappa shape index (κ3) is 5.37. The van der Waals surface area contributed by atoms with E-state index in [1.807, 2.05) is 13.8 Å². The fourth-order valence-corrected chi connectivity index (χ4v) is 1.79. The van der Waals surface area contributed by atoms with Gasteiger partial charge in [0, 0.05) is 33.3 Å². The predicted octanol–water partition coefficient (Wildman–Crippen LogP) is 2.65.